The van der Waals surface area contributed by atoms with Crippen molar-refractivity contribution in [2.75, 3.05) is 6.54 Å². The molecule has 0 aromatic heterocycles. The van der Waals surface area contributed by atoms with E-state index in [0.29, 0.717) is 11.1 Å². The molecule has 0 aliphatic rings. The lowest BCUT2D eigenvalue weighted by Gasteiger charge is -2.16. The zero-order valence-corrected chi connectivity index (χ0v) is 7.94. The Morgan fingerprint density at radius 3 is 2.57 bits per heavy atom. The summed E-state index contributed by atoms with van der Waals surface area (Å²) < 4.78 is 12.9. The Morgan fingerprint density at radius 1 is 1.43 bits per heavy atom. The molecule has 0 amide bonds. The second kappa shape index (κ2) is 4.50. The molecular weight excluding hydrogens is 185 g/mol. The van der Waals surface area contributed by atoms with Crippen molar-refractivity contribution < 1.29 is 14.6 Å². The van der Waals surface area contributed by atoms with Gasteiger partial charge in [-0.15, -0.1) is 0 Å². The molecule has 0 saturated carbocycles. The molecule has 0 spiro atoms. The molecule has 78 valence electrons. The number of aliphatic hydroxyl groups is 2. The maximum absolute atomic E-state index is 12.9. The fourth-order valence-corrected chi connectivity index (χ4v) is 1.20. The lowest BCUT2D eigenvalue weighted by Crippen LogP contribution is -2.27. The smallest absolute Gasteiger partial charge is 0.126 e. The van der Waals surface area contributed by atoms with Crippen LogP contribution in [0.4, 0.5) is 4.39 Å². The van der Waals surface area contributed by atoms with E-state index in [1.165, 1.54) is 18.2 Å². The molecule has 4 N–H and O–H groups in total. The summed E-state index contributed by atoms with van der Waals surface area (Å²) in [4.78, 5) is 0. The maximum Gasteiger partial charge on any atom is 0.126 e. The van der Waals surface area contributed by atoms with E-state index in [1.54, 1.807) is 6.92 Å². The topological polar surface area (TPSA) is 66.5 Å². The normalized spacial score (nSPS) is 15.2. The molecule has 0 saturated heterocycles. The first kappa shape index (κ1) is 11.1. The van der Waals surface area contributed by atoms with E-state index in [1.807, 2.05) is 0 Å². The van der Waals surface area contributed by atoms with Crippen LogP contribution < -0.4 is 5.73 Å². The minimum absolute atomic E-state index is 0.0302. The molecule has 0 aliphatic carbocycles. The molecule has 0 fully saturated rings. The Hall–Kier alpha value is -0.970. The van der Waals surface area contributed by atoms with Gasteiger partial charge in [-0.2, -0.15) is 0 Å². The van der Waals surface area contributed by atoms with Crippen LogP contribution in [0.2, 0.25) is 0 Å². The molecule has 0 radical (unpaired) electrons. The van der Waals surface area contributed by atoms with Gasteiger partial charge in [0.15, 0.2) is 0 Å². The van der Waals surface area contributed by atoms with Crippen molar-refractivity contribution >= 4 is 0 Å². The molecule has 1 aromatic rings. The highest BCUT2D eigenvalue weighted by atomic mass is 19.1. The Balaban J connectivity index is 2.91. The summed E-state index contributed by atoms with van der Waals surface area (Å²) >= 11 is 0. The molecule has 2 atom stereocenters. The lowest BCUT2D eigenvalue weighted by molar-refractivity contribution is 0.0243. The van der Waals surface area contributed by atoms with Crippen LogP contribution in [0.25, 0.3) is 0 Å². The average molecular weight is 199 g/mol. The Labute approximate surface area is 82.0 Å². The van der Waals surface area contributed by atoms with E-state index in [9.17, 15) is 14.6 Å². The van der Waals surface area contributed by atoms with Crippen LogP contribution in [0, 0.1) is 12.7 Å². The van der Waals surface area contributed by atoms with Crippen molar-refractivity contribution in [3.05, 3.63) is 35.1 Å². The minimum atomic E-state index is -1.06. The van der Waals surface area contributed by atoms with Crippen LogP contribution in [0.3, 0.4) is 0 Å². The Morgan fingerprint density at radius 2 is 2.07 bits per heavy atom. The molecule has 1 aromatic carbocycles. The summed E-state index contributed by atoms with van der Waals surface area (Å²) in [5, 5.41) is 18.8. The number of halogens is 1. The van der Waals surface area contributed by atoms with Gasteiger partial charge in [-0.1, -0.05) is 12.1 Å². The van der Waals surface area contributed by atoms with E-state index in [4.69, 9.17) is 5.73 Å². The van der Waals surface area contributed by atoms with Crippen LogP contribution in [0.5, 0.6) is 0 Å². The quantitative estimate of drug-likeness (QED) is 0.663. The highest BCUT2D eigenvalue weighted by molar-refractivity contribution is 5.26. The molecule has 3 nitrogen and oxygen atoms in total. The van der Waals surface area contributed by atoms with E-state index in [-0.39, 0.29) is 12.4 Å². The summed E-state index contributed by atoms with van der Waals surface area (Å²) in [6.45, 7) is 1.57. The van der Waals surface area contributed by atoms with E-state index in [0.717, 1.165) is 0 Å². The first-order valence-electron chi connectivity index (χ1n) is 4.38. The summed E-state index contributed by atoms with van der Waals surface area (Å²) in [5.41, 5.74) is 6.10. The fourth-order valence-electron chi connectivity index (χ4n) is 1.20. The van der Waals surface area contributed by atoms with E-state index < -0.39 is 12.2 Å². The number of hydrogen-bond acceptors (Lipinski definition) is 3. The van der Waals surface area contributed by atoms with Crippen LogP contribution in [0.15, 0.2) is 18.2 Å². The molecule has 0 aliphatic heterocycles. The van der Waals surface area contributed by atoms with Crippen molar-refractivity contribution in [3.8, 4) is 0 Å². The van der Waals surface area contributed by atoms with Crippen molar-refractivity contribution in [1.82, 2.24) is 0 Å². The van der Waals surface area contributed by atoms with Crippen molar-refractivity contribution in [3.63, 3.8) is 0 Å². The highest BCUT2D eigenvalue weighted by Crippen LogP contribution is 2.19. The van der Waals surface area contributed by atoms with E-state index >= 15 is 0 Å². The maximum atomic E-state index is 12.9. The van der Waals surface area contributed by atoms with Gasteiger partial charge < -0.3 is 15.9 Å². The van der Waals surface area contributed by atoms with Gasteiger partial charge in [-0.05, 0) is 24.1 Å². The molecule has 14 heavy (non-hydrogen) atoms. The zero-order valence-electron chi connectivity index (χ0n) is 7.94. The van der Waals surface area contributed by atoms with Crippen molar-refractivity contribution in [1.29, 1.82) is 0 Å². The number of hydrogen-bond donors (Lipinski definition) is 3. The third kappa shape index (κ3) is 2.29. The lowest BCUT2D eigenvalue weighted by atomic mass is 10.0. The number of aryl methyl sites for hydroxylation is 1. The van der Waals surface area contributed by atoms with Gasteiger partial charge in [0.1, 0.15) is 11.9 Å². The van der Waals surface area contributed by atoms with Crippen LogP contribution in [-0.4, -0.2) is 22.9 Å². The Bertz CT molecular complexity index is 317. The third-order valence-corrected chi connectivity index (χ3v) is 2.13. The molecule has 0 bridgehead atoms. The van der Waals surface area contributed by atoms with Gasteiger partial charge in [0, 0.05) is 6.54 Å². The minimum Gasteiger partial charge on any atom is -0.389 e. The van der Waals surface area contributed by atoms with Crippen LogP contribution in [-0.2, 0) is 0 Å². The number of nitrogens with two attached hydrogens (primary N) is 1. The van der Waals surface area contributed by atoms with Gasteiger partial charge in [0.2, 0.25) is 0 Å². The largest absolute Gasteiger partial charge is 0.389 e. The number of aliphatic hydroxyl groups excluding tert-OH is 2. The highest BCUT2D eigenvalue weighted by Gasteiger charge is 2.17. The molecular formula is C10H14FNO2. The fraction of sp³-hybridized carbons (Fsp3) is 0.400. The second-order valence-corrected chi connectivity index (χ2v) is 3.26. The van der Waals surface area contributed by atoms with Gasteiger partial charge in [0.25, 0.3) is 0 Å². The van der Waals surface area contributed by atoms with Gasteiger partial charge >= 0.3 is 0 Å². The zero-order chi connectivity index (χ0) is 10.7. The predicted molar refractivity (Wildman–Crippen MR) is 51.2 cm³/mol. The summed E-state index contributed by atoms with van der Waals surface area (Å²) in [6.07, 6.45) is -2.07. The molecule has 2 unspecified atom stereocenters. The first-order valence-corrected chi connectivity index (χ1v) is 4.38. The average Bonchev–Trinajstić information content (AvgIpc) is 2.20. The van der Waals surface area contributed by atoms with Crippen LogP contribution in [0.1, 0.15) is 17.2 Å². The van der Waals surface area contributed by atoms with Crippen molar-refractivity contribution in [2.24, 2.45) is 5.73 Å². The summed E-state index contributed by atoms with van der Waals surface area (Å²) in [6, 6.07) is 4.20. The Kier molecular flexibility index (Phi) is 3.57. The molecule has 0 heterocycles. The monoisotopic (exact) mass is 199 g/mol. The van der Waals surface area contributed by atoms with Crippen molar-refractivity contribution in [2.45, 2.75) is 19.1 Å². The SMILES string of the molecule is Cc1cc(C(O)C(O)CN)ccc1F. The number of rotatable bonds is 3. The molecule has 4 heteroatoms. The second-order valence-electron chi connectivity index (χ2n) is 3.26. The summed E-state index contributed by atoms with van der Waals surface area (Å²) in [5.74, 6) is -0.330. The first-order chi connectivity index (χ1) is 6.56. The standard InChI is InChI=1S/C10H14FNO2/c1-6-4-7(2-3-8(6)11)10(14)9(13)5-12/h2-4,9-10,13-14H,5,12H2,1H3. The summed E-state index contributed by atoms with van der Waals surface area (Å²) in [7, 11) is 0. The molecule has 1 rings (SSSR count). The van der Waals surface area contributed by atoms with Crippen LogP contribution >= 0.6 is 0 Å². The van der Waals surface area contributed by atoms with Gasteiger partial charge in [0.05, 0.1) is 6.10 Å². The predicted octanol–water partition coefficient (Wildman–Crippen LogP) is 0.487. The van der Waals surface area contributed by atoms with E-state index in [2.05, 4.69) is 0 Å². The third-order valence-electron chi connectivity index (χ3n) is 2.13. The van der Waals surface area contributed by atoms with Gasteiger partial charge in [-0.3, -0.25) is 0 Å². The van der Waals surface area contributed by atoms with Gasteiger partial charge in [-0.25, -0.2) is 4.39 Å². The number of benzene rings is 1.